The first-order valence-corrected chi connectivity index (χ1v) is 3.05. The van der Waals surface area contributed by atoms with Gasteiger partial charge in [-0.15, -0.1) is 0 Å². The molecule has 2 nitrogen and oxygen atoms in total. The van der Waals surface area contributed by atoms with Crippen molar-refractivity contribution in [2.75, 3.05) is 0 Å². The smallest absolute Gasteiger partial charge is 0.282 e. The second-order valence-corrected chi connectivity index (χ2v) is 3.22. The highest BCUT2D eigenvalue weighted by Gasteiger charge is 1.98. The van der Waals surface area contributed by atoms with Gasteiger partial charge >= 0.3 is 0 Å². The first-order valence-electron chi connectivity index (χ1n) is 2.17. The molecule has 0 heterocycles. The highest BCUT2D eigenvalue weighted by atomic mass is 32.2. The standard InChI is InChI=1S/C4H10N2S/c1-3(2)7-4(5)6/h3H,1-2H3,(H3,5,6)/p+1. The Labute approximate surface area is 48.0 Å². The molecule has 0 fully saturated rings. The van der Waals surface area contributed by atoms with E-state index in [0.29, 0.717) is 10.4 Å². The number of hydrogen-bond acceptors (Lipinski definition) is 1. The van der Waals surface area contributed by atoms with E-state index in [4.69, 9.17) is 11.1 Å². The average Bonchev–Trinajstić information content (AvgIpc) is 1.27. The Balaban J connectivity index is 3.13. The van der Waals surface area contributed by atoms with Crippen molar-refractivity contribution in [2.45, 2.75) is 19.1 Å². The van der Waals surface area contributed by atoms with E-state index in [2.05, 4.69) is 0 Å². The summed E-state index contributed by atoms with van der Waals surface area (Å²) in [6, 6.07) is 0. The van der Waals surface area contributed by atoms with Crippen molar-refractivity contribution in [3.63, 3.8) is 0 Å². The van der Waals surface area contributed by atoms with Gasteiger partial charge in [-0.2, -0.15) is 0 Å². The molecule has 0 aliphatic rings. The molecule has 0 aliphatic heterocycles. The zero-order valence-electron chi connectivity index (χ0n) is 4.64. The molecule has 0 aliphatic carbocycles. The molecular formula is C4H11N2S+. The summed E-state index contributed by atoms with van der Waals surface area (Å²) in [6.07, 6.45) is 0. The fourth-order valence-electron chi connectivity index (χ4n) is 0.272. The van der Waals surface area contributed by atoms with Crippen LogP contribution in [0.4, 0.5) is 0 Å². The van der Waals surface area contributed by atoms with Gasteiger partial charge in [0.25, 0.3) is 5.17 Å². The van der Waals surface area contributed by atoms with Gasteiger partial charge in [0.1, 0.15) is 0 Å². The fourth-order valence-corrected chi connectivity index (χ4v) is 0.816. The minimum absolute atomic E-state index is 0.454. The van der Waals surface area contributed by atoms with Gasteiger partial charge in [0.2, 0.25) is 0 Å². The maximum absolute atomic E-state index is 5.15. The highest BCUT2D eigenvalue weighted by Crippen LogP contribution is 2.04. The van der Waals surface area contributed by atoms with Crippen LogP contribution in [0.25, 0.3) is 0 Å². The molecule has 42 valence electrons. The van der Waals surface area contributed by atoms with Gasteiger partial charge in [-0.05, 0) is 11.8 Å². The Hall–Kier alpha value is -0.180. The van der Waals surface area contributed by atoms with E-state index in [1.54, 1.807) is 0 Å². The van der Waals surface area contributed by atoms with Gasteiger partial charge in [-0.25, -0.2) is 0 Å². The molecule has 0 aromatic carbocycles. The van der Waals surface area contributed by atoms with Crippen molar-refractivity contribution >= 4 is 16.9 Å². The van der Waals surface area contributed by atoms with E-state index in [0.717, 1.165) is 0 Å². The predicted octanol–water partition coefficient (Wildman–Crippen LogP) is -0.798. The fraction of sp³-hybridized carbons (Fsp3) is 0.750. The monoisotopic (exact) mass is 119 g/mol. The van der Waals surface area contributed by atoms with E-state index >= 15 is 0 Å². The molecular weight excluding hydrogens is 108 g/mol. The summed E-state index contributed by atoms with van der Waals surface area (Å²) in [5.41, 5.74) is 5.15. The van der Waals surface area contributed by atoms with Gasteiger partial charge in [0.05, 0.1) is 0 Å². The quantitative estimate of drug-likeness (QED) is 0.351. The molecule has 0 spiro atoms. The first-order chi connectivity index (χ1) is 3.13. The lowest BCUT2D eigenvalue weighted by molar-refractivity contribution is -0.110. The number of nitrogens with two attached hydrogens (primary N) is 2. The van der Waals surface area contributed by atoms with E-state index < -0.39 is 0 Å². The van der Waals surface area contributed by atoms with Crippen LogP contribution < -0.4 is 11.1 Å². The van der Waals surface area contributed by atoms with Crippen molar-refractivity contribution in [2.24, 2.45) is 5.73 Å². The van der Waals surface area contributed by atoms with Gasteiger partial charge in [0, 0.05) is 5.25 Å². The largest absolute Gasteiger partial charge is 0.300 e. The summed E-state index contributed by atoms with van der Waals surface area (Å²) in [6.45, 7) is 4.09. The third kappa shape index (κ3) is 5.82. The topological polar surface area (TPSA) is 51.6 Å². The van der Waals surface area contributed by atoms with Crippen LogP contribution in [0.15, 0.2) is 0 Å². The van der Waals surface area contributed by atoms with Gasteiger partial charge in [0.15, 0.2) is 0 Å². The van der Waals surface area contributed by atoms with Crippen LogP contribution in [0.1, 0.15) is 13.8 Å². The summed E-state index contributed by atoms with van der Waals surface area (Å²) in [4.78, 5) is 0. The second-order valence-electron chi connectivity index (χ2n) is 1.57. The number of rotatable bonds is 1. The van der Waals surface area contributed by atoms with Crippen LogP contribution in [0.3, 0.4) is 0 Å². The summed E-state index contributed by atoms with van der Waals surface area (Å²) in [7, 11) is 0. The Morgan fingerprint density at radius 3 is 2.14 bits per heavy atom. The molecule has 0 aromatic rings. The lowest BCUT2D eigenvalue weighted by atomic mass is 10.6. The molecule has 0 unspecified atom stereocenters. The zero-order chi connectivity index (χ0) is 5.86. The number of thioether (sulfide) groups is 1. The second kappa shape index (κ2) is 2.91. The SMILES string of the molecule is CC(C)SC(N)=[NH2+]. The normalized spacial score (nSPS) is 9.57. The molecule has 3 heteroatoms. The van der Waals surface area contributed by atoms with Crippen molar-refractivity contribution < 1.29 is 5.41 Å². The molecule has 0 atom stereocenters. The first kappa shape index (κ1) is 6.82. The lowest BCUT2D eigenvalue weighted by Gasteiger charge is -1.93. The molecule has 4 N–H and O–H groups in total. The molecule has 0 saturated heterocycles. The van der Waals surface area contributed by atoms with E-state index in [1.807, 2.05) is 13.8 Å². The Bertz CT molecular complexity index is 70.1. The Kier molecular flexibility index (Phi) is 2.83. The molecule has 0 amide bonds. The van der Waals surface area contributed by atoms with Crippen molar-refractivity contribution in [1.82, 2.24) is 0 Å². The number of hydrogen-bond donors (Lipinski definition) is 2. The van der Waals surface area contributed by atoms with Crippen molar-refractivity contribution in [3.05, 3.63) is 0 Å². The third-order valence-electron chi connectivity index (χ3n) is 0.372. The van der Waals surface area contributed by atoms with Crippen LogP contribution in [0.2, 0.25) is 0 Å². The van der Waals surface area contributed by atoms with Crippen LogP contribution in [-0.2, 0) is 0 Å². The summed E-state index contributed by atoms with van der Waals surface area (Å²) in [5.74, 6) is 0. The minimum atomic E-state index is 0.454. The zero-order valence-corrected chi connectivity index (χ0v) is 5.46. The van der Waals surface area contributed by atoms with Crippen LogP contribution in [-0.4, -0.2) is 10.4 Å². The molecule has 0 saturated carbocycles. The van der Waals surface area contributed by atoms with Gasteiger partial charge < -0.3 is 0 Å². The lowest BCUT2D eigenvalue weighted by Crippen LogP contribution is -2.43. The van der Waals surface area contributed by atoms with Crippen LogP contribution >= 0.6 is 11.8 Å². The predicted molar refractivity (Wildman–Crippen MR) is 33.8 cm³/mol. The van der Waals surface area contributed by atoms with Crippen LogP contribution in [0.5, 0.6) is 0 Å². The summed E-state index contributed by atoms with van der Waals surface area (Å²) in [5, 5.41) is 6.11. The van der Waals surface area contributed by atoms with Crippen molar-refractivity contribution in [3.8, 4) is 0 Å². The molecule has 7 heavy (non-hydrogen) atoms. The molecule has 0 bridgehead atoms. The van der Waals surface area contributed by atoms with E-state index in [1.165, 1.54) is 11.8 Å². The Morgan fingerprint density at radius 2 is 2.14 bits per heavy atom. The maximum Gasteiger partial charge on any atom is 0.300 e. The van der Waals surface area contributed by atoms with E-state index in [9.17, 15) is 0 Å². The number of amidine groups is 1. The van der Waals surface area contributed by atoms with Crippen LogP contribution in [0, 0.1) is 0 Å². The summed E-state index contributed by atoms with van der Waals surface area (Å²) >= 11 is 1.48. The minimum Gasteiger partial charge on any atom is -0.282 e. The maximum atomic E-state index is 5.15. The van der Waals surface area contributed by atoms with Gasteiger partial charge in [-0.1, -0.05) is 13.8 Å². The molecule has 0 radical (unpaired) electrons. The summed E-state index contributed by atoms with van der Waals surface area (Å²) < 4.78 is 0. The Morgan fingerprint density at radius 1 is 1.71 bits per heavy atom. The highest BCUT2D eigenvalue weighted by molar-refractivity contribution is 8.13. The average molecular weight is 119 g/mol. The van der Waals surface area contributed by atoms with Gasteiger partial charge in [-0.3, -0.25) is 11.1 Å². The van der Waals surface area contributed by atoms with E-state index in [-0.39, 0.29) is 0 Å². The molecule has 0 rings (SSSR count). The van der Waals surface area contributed by atoms with Crippen molar-refractivity contribution in [1.29, 1.82) is 0 Å². The molecule has 0 aromatic heterocycles. The third-order valence-corrected chi connectivity index (χ3v) is 1.12.